The van der Waals surface area contributed by atoms with Crippen LogP contribution in [0.3, 0.4) is 0 Å². The summed E-state index contributed by atoms with van der Waals surface area (Å²) in [6.45, 7) is 0.789. The lowest BCUT2D eigenvalue weighted by molar-refractivity contribution is 0.218. The predicted molar refractivity (Wildman–Crippen MR) is 57.5 cm³/mol. The van der Waals surface area contributed by atoms with Crippen LogP contribution in [0.25, 0.3) is 0 Å². The lowest BCUT2D eigenvalue weighted by Crippen LogP contribution is -1.94. The van der Waals surface area contributed by atoms with E-state index in [1.807, 2.05) is 7.05 Å². The third kappa shape index (κ3) is 3.50. The highest BCUT2D eigenvalue weighted by Crippen LogP contribution is 2.21. The zero-order chi connectivity index (χ0) is 9.52. The minimum atomic E-state index is 0.789. The van der Waals surface area contributed by atoms with Gasteiger partial charge < -0.3 is 10.1 Å². The molecule has 6 heteroatoms. The Kier molecular flexibility index (Phi) is 5.10. The third-order valence-electron chi connectivity index (χ3n) is 1.45. The topological polar surface area (TPSA) is 47.0 Å². The second kappa shape index (κ2) is 6.17. The Hall–Kier alpha value is -0.330. The second-order valence-corrected chi connectivity index (χ2v) is 4.20. The summed E-state index contributed by atoms with van der Waals surface area (Å²) in [6.07, 6.45) is 0. The van der Waals surface area contributed by atoms with Gasteiger partial charge >= 0.3 is 0 Å². The molecule has 0 fully saturated rings. The van der Waals surface area contributed by atoms with Crippen molar-refractivity contribution < 1.29 is 4.74 Å². The molecule has 1 N–H and O–H groups in total. The van der Waals surface area contributed by atoms with Crippen LogP contribution in [0, 0.1) is 0 Å². The van der Waals surface area contributed by atoms with Crippen LogP contribution in [0.1, 0.15) is 5.69 Å². The highest BCUT2D eigenvalue weighted by molar-refractivity contribution is 7.98. The Morgan fingerprint density at radius 2 is 2.46 bits per heavy atom. The molecule has 0 radical (unpaired) electrons. The van der Waals surface area contributed by atoms with Gasteiger partial charge in [-0.2, -0.15) is 11.8 Å². The summed E-state index contributed by atoms with van der Waals surface area (Å²) in [4.78, 5) is 0. The molecular weight excluding hydrogens is 206 g/mol. The first-order chi connectivity index (χ1) is 6.38. The molecule has 4 nitrogen and oxygen atoms in total. The summed E-state index contributed by atoms with van der Waals surface area (Å²) in [5.74, 6) is 1.90. The first-order valence-electron chi connectivity index (χ1n) is 3.94. The zero-order valence-corrected chi connectivity index (χ0v) is 9.37. The van der Waals surface area contributed by atoms with E-state index in [0.29, 0.717) is 0 Å². The van der Waals surface area contributed by atoms with Gasteiger partial charge in [-0.1, -0.05) is 4.49 Å². The van der Waals surface area contributed by atoms with Crippen LogP contribution < -0.4 is 5.32 Å². The van der Waals surface area contributed by atoms with Gasteiger partial charge in [0.1, 0.15) is 10.7 Å². The van der Waals surface area contributed by atoms with Gasteiger partial charge in [-0.3, -0.25) is 0 Å². The number of rotatable bonds is 6. The first kappa shape index (κ1) is 10.7. The number of ether oxygens (including phenoxy) is 1. The van der Waals surface area contributed by atoms with Crippen LogP contribution in [0.2, 0.25) is 0 Å². The molecule has 1 aromatic heterocycles. The van der Waals surface area contributed by atoms with Crippen LogP contribution in [0.5, 0.6) is 0 Å². The highest BCUT2D eigenvalue weighted by Gasteiger charge is 2.04. The summed E-state index contributed by atoms with van der Waals surface area (Å²) >= 11 is 3.20. The minimum Gasteiger partial charge on any atom is -0.384 e. The number of thioether (sulfide) groups is 1. The molecular formula is C7H13N3OS2. The molecule has 0 saturated carbocycles. The maximum atomic E-state index is 4.95. The Morgan fingerprint density at radius 3 is 3.15 bits per heavy atom. The molecule has 13 heavy (non-hydrogen) atoms. The fourth-order valence-corrected chi connectivity index (χ4v) is 2.25. The number of methoxy groups -OCH3 is 1. The molecule has 1 aromatic rings. The summed E-state index contributed by atoms with van der Waals surface area (Å²) in [5, 5.41) is 8.15. The lowest BCUT2D eigenvalue weighted by Gasteiger charge is -1.99. The fraction of sp³-hybridized carbons (Fsp3) is 0.714. The van der Waals surface area contributed by atoms with Crippen LogP contribution in [-0.4, -0.2) is 36.1 Å². The number of hydrogen-bond acceptors (Lipinski definition) is 6. The predicted octanol–water partition coefficient (Wildman–Crippen LogP) is 1.46. The third-order valence-corrected chi connectivity index (χ3v) is 3.17. The Bertz CT molecular complexity index is 241. The number of aromatic nitrogens is 2. The normalized spacial score (nSPS) is 10.3. The van der Waals surface area contributed by atoms with Gasteiger partial charge in [0.15, 0.2) is 0 Å². The molecule has 74 valence electrons. The molecule has 0 aromatic carbocycles. The van der Waals surface area contributed by atoms with Crippen molar-refractivity contribution in [2.24, 2.45) is 0 Å². The molecule has 0 amide bonds. The monoisotopic (exact) mass is 219 g/mol. The van der Waals surface area contributed by atoms with E-state index in [1.165, 1.54) is 11.5 Å². The first-order valence-corrected chi connectivity index (χ1v) is 5.87. The van der Waals surface area contributed by atoms with Gasteiger partial charge in [-0.15, -0.1) is 5.10 Å². The van der Waals surface area contributed by atoms with Crippen molar-refractivity contribution in [1.82, 2.24) is 9.59 Å². The Balaban J connectivity index is 2.27. The summed E-state index contributed by atoms with van der Waals surface area (Å²) in [6, 6.07) is 0. The van der Waals surface area contributed by atoms with Crippen LogP contribution >= 0.6 is 23.3 Å². The molecule has 0 aliphatic carbocycles. The van der Waals surface area contributed by atoms with E-state index in [1.54, 1.807) is 18.9 Å². The van der Waals surface area contributed by atoms with Crippen molar-refractivity contribution in [2.75, 3.05) is 31.8 Å². The van der Waals surface area contributed by atoms with Gasteiger partial charge in [-0.05, 0) is 0 Å². The van der Waals surface area contributed by atoms with Crippen molar-refractivity contribution in [3.8, 4) is 0 Å². The summed E-state index contributed by atoms with van der Waals surface area (Å²) < 4.78 is 8.82. The van der Waals surface area contributed by atoms with Crippen LogP contribution in [-0.2, 0) is 10.5 Å². The van der Waals surface area contributed by atoms with Gasteiger partial charge in [0, 0.05) is 37.2 Å². The van der Waals surface area contributed by atoms with Crippen LogP contribution in [0.4, 0.5) is 5.00 Å². The molecule has 0 spiro atoms. The average Bonchev–Trinajstić information content (AvgIpc) is 2.60. The second-order valence-electron chi connectivity index (χ2n) is 2.34. The molecule has 0 bridgehead atoms. The molecule has 0 saturated heterocycles. The van der Waals surface area contributed by atoms with Gasteiger partial charge in [0.25, 0.3) is 0 Å². The van der Waals surface area contributed by atoms with E-state index in [2.05, 4.69) is 14.9 Å². The van der Waals surface area contributed by atoms with E-state index in [9.17, 15) is 0 Å². The van der Waals surface area contributed by atoms with E-state index >= 15 is 0 Å². The smallest absolute Gasteiger partial charge is 0.133 e. The van der Waals surface area contributed by atoms with Crippen molar-refractivity contribution in [1.29, 1.82) is 0 Å². The van der Waals surface area contributed by atoms with Gasteiger partial charge in [-0.25, -0.2) is 0 Å². The highest BCUT2D eigenvalue weighted by atomic mass is 32.2. The van der Waals surface area contributed by atoms with Crippen molar-refractivity contribution >= 4 is 28.3 Å². The molecule has 1 rings (SSSR count). The molecule has 1 heterocycles. The SMILES string of the molecule is CNc1snnc1CSCCOC. The van der Waals surface area contributed by atoms with E-state index in [0.717, 1.165) is 28.8 Å². The number of hydrogen-bond donors (Lipinski definition) is 1. The quantitative estimate of drug-likeness (QED) is 0.734. The van der Waals surface area contributed by atoms with Gasteiger partial charge in [0.2, 0.25) is 0 Å². The van der Waals surface area contributed by atoms with Crippen LogP contribution in [0.15, 0.2) is 0 Å². The van der Waals surface area contributed by atoms with Gasteiger partial charge in [0.05, 0.1) is 6.61 Å². The molecule has 0 atom stereocenters. The lowest BCUT2D eigenvalue weighted by atomic mass is 10.5. The maximum Gasteiger partial charge on any atom is 0.133 e. The Morgan fingerprint density at radius 1 is 1.62 bits per heavy atom. The number of anilines is 1. The summed E-state index contributed by atoms with van der Waals surface area (Å²) in [7, 11) is 3.60. The largest absolute Gasteiger partial charge is 0.384 e. The van der Waals surface area contributed by atoms with Crippen molar-refractivity contribution in [2.45, 2.75) is 5.75 Å². The summed E-state index contributed by atoms with van der Waals surface area (Å²) in [5.41, 5.74) is 1.04. The molecule has 0 aliphatic rings. The standard InChI is InChI=1S/C7H13N3OS2/c1-8-7-6(9-10-13-7)5-12-4-3-11-2/h8H,3-5H2,1-2H3. The maximum absolute atomic E-state index is 4.95. The number of nitrogens with one attached hydrogen (secondary N) is 1. The van der Waals surface area contributed by atoms with E-state index < -0.39 is 0 Å². The Labute approximate surface area is 86.2 Å². The fourth-order valence-electron chi connectivity index (χ4n) is 0.804. The van der Waals surface area contributed by atoms with E-state index in [-0.39, 0.29) is 0 Å². The van der Waals surface area contributed by atoms with E-state index in [4.69, 9.17) is 4.74 Å². The average molecular weight is 219 g/mol. The molecule has 0 unspecified atom stereocenters. The zero-order valence-electron chi connectivity index (χ0n) is 7.74. The number of nitrogens with zero attached hydrogens (tertiary/aromatic N) is 2. The van der Waals surface area contributed by atoms with Crippen molar-refractivity contribution in [3.63, 3.8) is 0 Å². The van der Waals surface area contributed by atoms with Crippen molar-refractivity contribution in [3.05, 3.63) is 5.69 Å². The molecule has 0 aliphatic heterocycles. The minimum absolute atomic E-state index is 0.789.